The lowest BCUT2D eigenvalue weighted by atomic mass is 10.1. The van der Waals surface area contributed by atoms with Crippen LogP contribution in [0.1, 0.15) is 24.1 Å². The lowest BCUT2D eigenvalue weighted by Gasteiger charge is -2.31. The molecule has 0 N–H and O–H groups in total. The zero-order valence-corrected chi connectivity index (χ0v) is 12.1. The molecule has 0 unspecified atom stereocenters. The molecule has 0 bridgehead atoms. The molecular formula is C12H17N3O4S. The average Bonchev–Trinajstić information content (AvgIpc) is 3.05. The van der Waals surface area contributed by atoms with Crippen LogP contribution in [0, 0.1) is 0 Å². The van der Waals surface area contributed by atoms with Gasteiger partial charge in [0.25, 0.3) is 0 Å². The third-order valence-electron chi connectivity index (χ3n) is 3.93. The van der Waals surface area contributed by atoms with Crippen molar-refractivity contribution in [1.82, 2.24) is 14.4 Å². The van der Waals surface area contributed by atoms with E-state index in [2.05, 4.69) is 5.16 Å². The maximum Gasteiger partial charge on any atom is 0.241 e. The van der Waals surface area contributed by atoms with Gasteiger partial charge >= 0.3 is 0 Å². The van der Waals surface area contributed by atoms with E-state index in [4.69, 9.17) is 4.52 Å². The van der Waals surface area contributed by atoms with E-state index in [9.17, 15) is 13.2 Å². The summed E-state index contributed by atoms with van der Waals surface area (Å²) in [7, 11) is -3.33. The van der Waals surface area contributed by atoms with Crippen molar-refractivity contribution >= 4 is 15.9 Å². The molecule has 8 heteroatoms. The molecule has 0 radical (unpaired) electrons. The number of aromatic nitrogens is 1. The van der Waals surface area contributed by atoms with E-state index in [0.29, 0.717) is 32.5 Å². The van der Waals surface area contributed by atoms with Gasteiger partial charge in [-0.1, -0.05) is 5.16 Å². The van der Waals surface area contributed by atoms with E-state index in [1.165, 1.54) is 4.31 Å². The SMILES string of the molecule is CS(=O)(=O)N1CCC[C@H]1C(=O)N1CCc2nocc2C1. The van der Waals surface area contributed by atoms with Crippen LogP contribution in [0.3, 0.4) is 0 Å². The molecule has 0 saturated carbocycles. The minimum Gasteiger partial charge on any atom is -0.364 e. The van der Waals surface area contributed by atoms with Gasteiger partial charge in [-0.15, -0.1) is 0 Å². The lowest BCUT2D eigenvalue weighted by Crippen LogP contribution is -2.48. The number of carbonyl (C=O) groups excluding carboxylic acids is 1. The fourth-order valence-electron chi connectivity index (χ4n) is 2.92. The highest BCUT2D eigenvalue weighted by atomic mass is 32.2. The monoisotopic (exact) mass is 299 g/mol. The zero-order valence-electron chi connectivity index (χ0n) is 11.3. The van der Waals surface area contributed by atoms with Gasteiger partial charge in [0.2, 0.25) is 15.9 Å². The number of hydrogen-bond acceptors (Lipinski definition) is 5. The van der Waals surface area contributed by atoms with Gasteiger partial charge < -0.3 is 9.42 Å². The first-order valence-corrected chi connectivity index (χ1v) is 8.49. The molecule has 3 heterocycles. The highest BCUT2D eigenvalue weighted by molar-refractivity contribution is 7.88. The molecule has 0 aliphatic carbocycles. The Morgan fingerprint density at radius 2 is 2.25 bits per heavy atom. The Labute approximate surface area is 117 Å². The van der Waals surface area contributed by atoms with Crippen LogP contribution in [0.4, 0.5) is 0 Å². The molecular weight excluding hydrogens is 282 g/mol. The van der Waals surface area contributed by atoms with E-state index in [-0.39, 0.29) is 5.91 Å². The number of rotatable bonds is 2. The van der Waals surface area contributed by atoms with Crippen LogP contribution >= 0.6 is 0 Å². The normalized spacial score (nSPS) is 23.9. The molecule has 110 valence electrons. The summed E-state index contributed by atoms with van der Waals surface area (Å²) in [4.78, 5) is 14.3. The summed E-state index contributed by atoms with van der Waals surface area (Å²) in [5.41, 5.74) is 1.80. The first-order valence-electron chi connectivity index (χ1n) is 6.64. The molecule has 1 fully saturated rings. The molecule has 0 aromatic carbocycles. The Bertz CT molecular complexity index is 624. The predicted octanol–water partition coefficient (Wildman–Crippen LogP) is -0.0167. The van der Waals surface area contributed by atoms with E-state index in [1.807, 2.05) is 0 Å². The number of sulfonamides is 1. The van der Waals surface area contributed by atoms with Crippen LogP contribution in [0.25, 0.3) is 0 Å². The van der Waals surface area contributed by atoms with Crippen molar-refractivity contribution in [2.75, 3.05) is 19.3 Å². The van der Waals surface area contributed by atoms with Crippen LogP contribution in [0.5, 0.6) is 0 Å². The van der Waals surface area contributed by atoms with Gasteiger partial charge in [-0.3, -0.25) is 4.79 Å². The maximum absolute atomic E-state index is 12.6. The highest BCUT2D eigenvalue weighted by Gasteiger charge is 2.39. The molecule has 20 heavy (non-hydrogen) atoms. The van der Waals surface area contributed by atoms with Crippen molar-refractivity contribution in [3.05, 3.63) is 17.5 Å². The summed E-state index contributed by atoms with van der Waals surface area (Å²) < 4.78 is 29.7. The van der Waals surface area contributed by atoms with Gasteiger partial charge in [0, 0.05) is 25.1 Å². The molecule has 1 amide bonds. The van der Waals surface area contributed by atoms with E-state index in [1.54, 1.807) is 11.2 Å². The molecule has 1 aromatic rings. The number of hydrogen-bond donors (Lipinski definition) is 0. The van der Waals surface area contributed by atoms with Crippen LogP contribution in [0.15, 0.2) is 10.8 Å². The number of nitrogens with zero attached hydrogens (tertiary/aromatic N) is 3. The molecule has 3 rings (SSSR count). The highest BCUT2D eigenvalue weighted by Crippen LogP contribution is 2.25. The van der Waals surface area contributed by atoms with Crippen molar-refractivity contribution in [2.45, 2.75) is 31.8 Å². The summed E-state index contributed by atoms with van der Waals surface area (Å²) in [6, 6.07) is -0.550. The lowest BCUT2D eigenvalue weighted by molar-refractivity contribution is -0.135. The first kappa shape index (κ1) is 13.6. The largest absolute Gasteiger partial charge is 0.364 e. The van der Waals surface area contributed by atoms with Crippen LogP contribution in [0.2, 0.25) is 0 Å². The fraction of sp³-hybridized carbons (Fsp3) is 0.667. The fourth-order valence-corrected chi connectivity index (χ4v) is 4.04. The second-order valence-electron chi connectivity index (χ2n) is 5.33. The summed E-state index contributed by atoms with van der Waals surface area (Å²) in [5, 5.41) is 3.88. The topological polar surface area (TPSA) is 83.7 Å². The van der Waals surface area contributed by atoms with E-state index < -0.39 is 16.1 Å². The number of fused-ring (bicyclic) bond motifs is 1. The second kappa shape index (κ2) is 4.85. The Kier molecular flexibility index (Phi) is 3.29. The second-order valence-corrected chi connectivity index (χ2v) is 7.26. The Morgan fingerprint density at radius 3 is 3.00 bits per heavy atom. The Balaban J connectivity index is 1.77. The van der Waals surface area contributed by atoms with Gasteiger partial charge in [-0.05, 0) is 12.8 Å². The van der Waals surface area contributed by atoms with Gasteiger partial charge in [0.05, 0.1) is 18.5 Å². The standard InChI is InChI=1S/C12H17N3O4S/c1-20(17,18)15-5-2-3-11(15)12(16)14-6-4-10-9(7-14)8-19-13-10/h8,11H,2-7H2,1H3/t11-/m0/s1. The summed E-state index contributed by atoms with van der Waals surface area (Å²) >= 11 is 0. The smallest absolute Gasteiger partial charge is 0.241 e. The quantitative estimate of drug-likeness (QED) is 0.766. The van der Waals surface area contributed by atoms with Gasteiger partial charge in [-0.25, -0.2) is 8.42 Å². The van der Waals surface area contributed by atoms with E-state index in [0.717, 1.165) is 23.9 Å². The zero-order chi connectivity index (χ0) is 14.3. The molecule has 1 atom stereocenters. The van der Waals surface area contributed by atoms with Crippen molar-refractivity contribution in [2.24, 2.45) is 0 Å². The summed E-state index contributed by atoms with van der Waals surface area (Å²) in [6.45, 7) is 1.44. The van der Waals surface area contributed by atoms with Crippen molar-refractivity contribution in [3.8, 4) is 0 Å². The minimum absolute atomic E-state index is 0.111. The molecule has 0 spiro atoms. The number of carbonyl (C=O) groups is 1. The molecule has 2 aliphatic rings. The summed E-state index contributed by atoms with van der Waals surface area (Å²) in [6.07, 6.45) is 4.70. The average molecular weight is 299 g/mol. The van der Waals surface area contributed by atoms with Crippen molar-refractivity contribution in [1.29, 1.82) is 0 Å². The van der Waals surface area contributed by atoms with Crippen molar-refractivity contribution < 1.29 is 17.7 Å². The van der Waals surface area contributed by atoms with Gasteiger partial charge in [0.15, 0.2) is 0 Å². The van der Waals surface area contributed by atoms with Gasteiger partial charge in [0.1, 0.15) is 12.3 Å². The summed E-state index contributed by atoms with van der Waals surface area (Å²) in [5.74, 6) is -0.111. The van der Waals surface area contributed by atoms with Crippen LogP contribution in [-0.4, -0.2) is 54.1 Å². The molecule has 7 nitrogen and oxygen atoms in total. The number of amides is 1. The molecule has 1 aromatic heterocycles. The first-order chi connectivity index (χ1) is 9.47. The Morgan fingerprint density at radius 1 is 1.45 bits per heavy atom. The van der Waals surface area contributed by atoms with Gasteiger partial charge in [-0.2, -0.15) is 4.31 Å². The predicted molar refractivity (Wildman–Crippen MR) is 70.2 cm³/mol. The van der Waals surface area contributed by atoms with Crippen molar-refractivity contribution in [3.63, 3.8) is 0 Å². The minimum atomic E-state index is -3.33. The Hall–Kier alpha value is -1.41. The molecule has 1 saturated heterocycles. The van der Waals surface area contributed by atoms with Crippen LogP contribution in [-0.2, 0) is 27.8 Å². The van der Waals surface area contributed by atoms with Crippen LogP contribution < -0.4 is 0 Å². The third-order valence-corrected chi connectivity index (χ3v) is 5.22. The van der Waals surface area contributed by atoms with E-state index >= 15 is 0 Å². The third kappa shape index (κ3) is 2.33. The maximum atomic E-state index is 12.6. The molecule has 2 aliphatic heterocycles.